The fraction of sp³-hybridized carbons (Fsp3) is 0.571. The number of hydrogen-bond acceptors (Lipinski definition) is 3. The highest BCUT2D eigenvalue weighted by Crippen LogP contribution is 2.26. The van der Waals surface area contributed by atoms with E-state index in [4.69, 9.17) is 0 Å². The van der Waals surface area contributed by atoms with Gasteiger partial charge in [0.2, 0.25) is 0 Å². The molecule has 1 unspecified atom stereocenters. The minimum Gasteiger partial charge on any atom is -0.508 e. The third-order valence-electron chi connectivity index (χ3n) is 3.48. The molecule has 2 rings (SSSR count). The van der Waals surface area contributed by atoms with Crippen LogP contribution < -0.4 is 10.6 Å². The Morgan fingerprint density at radius 3 is 2.82 bits per heavy atom. The van der Waals surface area contributed by atoms with Gasteiger partial charge in [-0.2, -0.15) is 0 Å². The lowest BCUT2D eigenvalue weighted by Crippen LogP contribution is -2.21. The fourth-order valence-corrected chi connectivity index (χ4v) is 2.34. The highest BCUT2D eigenvalue weighted by Gasteiger charge is 2.13. The molecule has 1 aliphatic rings. The normalized spacial score (nSPS) is 20.9. The number of aryl methyl sites for hydroxylation is 2. The highest BCUT2D eigenvalue weighted by atomic mass is 16.3. The van der Waals surface area contributed by atoms with Crippen LogP contribution in [0.25, 0.3) is 0 Å². The summed E-state index contributed by atoms with van der Waals surface area (Å²) in [5.41, 5.74) is 3.21. The van der Waals surface area contributed by atoms with Crippen molar-refractivity contribution < 1.29 is 5.11 Å². The molecule has 0 bridgehead atoms. The van der Waals surface area contributed by atoms with Crippen LogP contribution in [0.5, 0.6) is 5.75 Å². The maximum Gasteiger partial charge on any atom is 0.118 e. The maximum absolute atomic E-state index is 9.64. The molecule has 1 heterocycles. The minimum absolute atomic E-state index is 0.385. The quantitative estimate of drug-likeness (QED) is 0.689. The van der Waals surface area contributed by atoms with Crippen molar-refractivity contribution in [1.82, 2.24) is 5.32 Å². The van der Waals surface area contributed by atoms with E-state index >= 15 is 0 Å². The first kappa shape index (κ1) is 12.2. The molecule has 1 aromatic carbocycles. The second kappa shape index (κ2) is 5.41. The zero-order chi connectivity index (χ0) is 12.3. The Morgan fingerprint density at radius 2 is 2.00 bits per heavy atom. The largest absolute Gasteiger partial charge is 0.508 e. The first-order chi connectivity index (χ1) is 8.16. The SMILES string of the molecule is Cc1cc(NC2CCCNCC2)c(C)cc1O. The van der Waals surface area contributed by atoms with E-state index in [1.807, 2.05) is 26.0 Å². The topological polar surface area (TPSA) is 44.3 Å². The van der Waals surface area contributed by atoms with E-state index in [1.54, 1.807) is 0 Å². The van der Waals surface area contributed by atoms with Gasteiger partial charge in [0.1, 0.15) is 5.75 Å². The van der Waals surface area contributed by atoms with Gasteiger partial charge in [-0.15, -0.1) is 0 Å². The van der Waals surface area contributed by atoms with Crippen LogP contribution in [0.4, 0.5) is 5.69 Å². The molecule has 1 aliphatic heterocycles. The first-order valence-corrected chi connectivity index (χ1v) is 6.44. The summed E-state index contributed by atoms with van der Waals surface area (Å²) in [7, 11) is 0. The second-order valence-electron chi connectivity index (χ2n) is 4.98. The molecule has 3 nitrogen and oxygen atoms in total. The van der Waals surface area contributed by atoms with E-state index in [-0.39, 0.29) is 0 Å². The number of aromatic hydroxyl groups is 1. The number of phenols is 1. The molecule has 1 aromatic rings. The predicted octanol–water partition coefficient (Wildman–Crippen LogP) is 2.56. The number of nitrogens with one attached hydrogen (secondary N) is 2. The number of hydrogen-bond donors (Lipinski definition) is 3. The summed E-state index contributed by atoms with van der Waals surface area (Å²) in [6.45, 7) is 6.20. The number of anilines is 1. The van der Waals surface area contributed by atoms with E-state index in [0.717, 1.165) is 29.9 Å². The Balaban J connectivity index is 2.09. The Bertz CT molecular complexity index is 382. The molecule has 0 spiro atoms. The monoisotopic (exact) mass is 234 g/mol. The van der Waals surface area contributed by atoms with Gasteiger partial charge in [0.25, 0.3) is 0 Å². The van der Waals surface area contributed by atoms with Gasteiger partial charge in [-0.3, -0.25) is 0 Å². The van der Waals surface area contributed by atoms with Crippen molar-refractivity contribution in [3.63, 3.8) is 0 Å². The molecular weight excluding hydrogens is 212 g/mol. The van der Waals surface area contributed by atoms with Gasteiger partial charge >= 0.3 is 0 Å². The second-order valence-corrected chi connectivity index (χ2v) is 4.98. The van der Waals surface area contributed by atoms with Crippen molar-refractivity contribution >= 4 is 5.69 Å². The van der Waals surface area contributed by atoms with Crippen LogP contribution in [0.2, 0.25) is 0 Å². The summed E-state index contributed by atoms with van der Waals surface area (Å²) in [6, 6.07) is 4.43. The molecule has 1 atom stereocenters. The summed E-state index contributed by atoms with van der Waals surface area (Å²) in [5.74, 6) is 0.385. The molecule has 0 aromatic heterocycles. The van der Waals surface area contributed by atoms with Crippen molar-refractivity contribution in [3.8, 4) is 5.75 Å². The summed E-state index contributed by atoms with van der Waals surface area (Å²) >= 11 is 0. The summed E-state index contributed by atoms with van der Waals surface area (Å²) in [5, 5.41) is 16.7. The van der Waals surface area contributed by atoms with Gasteiger partial charge in [-0.05, 0) is 69.5 Å². The van der Waals surface area contributed by atoms with E-state index in [9.17, 15) is 5.11 Å². The lowest BCUT2D eigenvalue weighted by Gasteiger charge is -2.19. The van der Waals surface area contributed by atoms with Crippen LogP contribution in [0, 0.1) is 13.8 Å². The molecule has 1 saturated heterocycles. The van der Waals surface area contributed by atoms with Crippen LogP contribution in [-0.2, 0) is 0 Å². The van der Waals surface area contributed by atoms with Crippen molar-refractivity contribution in [2.24, 2.45) is 0 Å². The van der Waals surface area contributed by atoms with Gasteiger partial charge in [-0.1, -0.05) is 0 Å². The van der Waals surface area contributed by atoms with Crippen LogP contribution >= 0.6 is 0 Å². The molecular formula is C14H22N2O. The summed E-state index contributed by atoms with van der Waals surface area (Å²) in [6.07, 6.45) is 3.61. The van der Waals surface area contributed by atoms with Crippen molar-refractivity contribution in [2.75, 3.05) is 18.4 Å². The highest BCUT2D eigenvalue weighted by molar-refractivity contribution is 5.57. The number of benzene rings is 1. The van der Waals surface area contributed by atoms with E-state index in [0.29, 0.717) is 11.8 Å². The first-order valence-electron chi connectivity index (χ1n) is 6.44. The molecule has 1 fully saturated rings. The average Bonchev–Trinajstić information content (AvgIpc) is 2.54. The predicted molar refractivity (Wildman–Crippen MR) is 71.7 cm³/mol. The van der Waals surface area contributed by atoms with Crippen molar-refractivity contribution in [2.45, 2.75) is 39.2 Å². The Hall–Kier alpha value is -1.22. The lowest BCUT2D eigenvalue weighted by atomic mass is 10.1. The van der Waals surface area contributed by atoms with E-state index in [1.165, 1.54) is 19.3 Å². The van der Waals surface area contributed by atoms with Crippen LogP contribution in [0.15, 0.2) is 12.1 Å². The molecule has 3 N–H and O–H groups in total. The molecule has 17 heavy (non-hydrogen) atoms. The van der Waals surface area contributed by atoms with Crippen LogP contribution in [-0.4, -0.2) is 24.2 Å². The van der Waals surface area contributed by atoms with E-state index in [2.05, 4.69) is 10.6 Å². The van der Waals surface area contributed by atoms with E-state index < -0.39 is 0 Å². The smallest absolute Gasteiger partial charge is 0.118 e. The number of rotatable bonds is 2. The van der Waals surface area contributed by atoms with Crippen molar-refractivity contribution in [3.05, 3.63) is 23.3 Å². The van der Waals surface area contributed by atoms with Gasteiger partial charge in [0, 0.05) is 11.7 Å². The van der Waals surface area contributed by atoms with Crippen molar-refractivity contribution in [1.29, 1.82) is 0 Å². The molecule has 0 aliphatic carbocycles. The van der Waals surface area contributed by atoms with Gasteiger partial charge in [0.05, 0.1) is 0 Å². The van der Waals surface area contributed by atoms with Gasteiger partial charge < -0.3 is 15.7 Å². The molecule has 94 valence electrons. The Morgan fingerprint density at radius 1 is 1.18 bits per heavy atom. The molecule has 3 heteroatoms. The molecule has 0 radical (unpaired) electrons. The number of phenolic OH excluding ortho intramolecular Hbond substituents is 1. The molecule has 0 amide bonds. The van der Waals surface area contributed by atoms with Gasteiger partial charge in [-0.25, -0.2) is 0 Å². The summed E-state index contributed by atoms with van der Waals surface area (Å²) < 4.78 is 0. The lowest BCUT2D eigenvalue weighted by molar-refractivity contribution is 0.470. The average molecular weight is 234 g/mol. The summed E-state index contributed by atoms with van der Waals surface area (Å²) in [4.78, 5) is 0. The Kier molecular flexibility index (Phi) is 3.89. The zero-order valence-corrected chi connectivity index (χ0v) is 10.7. The molecule has 0 saturated carbocycles. The van der Waals surface area contributed by atoms with Crippen LogP contribution in [0.3, 0.4) is 0 Å². The Labute approximate surface area is 103 Å². The zero-order valence-electron chi connectivity index (χ0n) is 10.7. The maximum atomic E-state index is 9.64. The van der Waals surface area contributed by atoms with Crippen LogP contribution in [0.1, 0.15) is 30.4 Å². The third kappa shape index (κ3) is 3.13. The fourth-order valence-electron chi connectivity index (χ4n) is 2.34. The third-order valence-corrected chi connectivity index (χ3v) is 3.48. The van der Waals surface area contributed by atoms with Gasteiger partial charge in [0.15, 0.2) is 0 Å². The standard InChI is InChI=1S/C14H22N2O/c1-10-9-14(17)11(2)8-13(10)16-12-4-3-6-15-7-5-12/h8-9,12,15-17H,3-7H2,1-2H3. The minimum atomic E-state index is 0.385.